The Morgan fingerprint density at radius 1 is 0.321 bits per heavy atom. The average molecular weight is 525 g/mol. The maximum Gasteiger partial charge on any atom is 3.00 e. The average Bonchev–Trinajstić information content (AvgIpc) is 2.42. The molecule has 18 nitrogen and oxygen atoms in total. The molecule has 0 atom stereocenters. The minimum Gasteiger partial charge on any atom is -0.679 e. The van der Waals surface area contributed by atoms with Gasteiger partial charge in [-0.15, -0.1) is 30.7 Å². The third-order valence-corrected chi connectivity index (χ3v) is 0.375. The van der Waals surface area contributed by atoms with Crippen molar-refractivity contribution < 1.29 is 104 Å². The molecule has 0 aromatic carbocycles. The minimum absolute atomic E-state index is 0. The van der Waals surface area contributed by atoms with Gasteiger partial charge in [-0.1, -0.05) is 0 Å². The van der Waals surface area contributed by atoms with Crippen LogP contribution < -0.4 is 55.9 Å². The van der Waals surface area contributed by atoms with Gasteiger partial charge in [0.1, 0.15) is 0 Å². The van der Waals surface area contributed by atoms with E-state index in [-0.39, 0.29) is 56.6 Å². The molecule has 6 N–H and O–H groups in total. The van der Waals surface area contributed by atoms with Crippen LogP contribution in [0.4, 0.5) is 0 Å². The number of nitrogens with one attached hydrogen (secondary N) is 6. The zero-order valence-electron chi connectivity index (χ0n) is 13.7. The van der Waals surface area contributed by atoms with Gasteiger partial charge >= 0.3 is 17.4 Å². The summed E-state index contributed by atoms with van der Waals surface area (Å²) in [4.78, 5) is 0. The molecule has 22 heteroatoms. The van der Waals surface area contributed by atoms with Crippen LogP contribution in [0.25, 0.3) is 34.4 Å². The summed E-state index contributed by atoms with van der Waals surface area (Å²) in [5, 5.41) is 0. The Bertz CT molecular complexity index is 185. The first-order valence-corrected chi connectivity index (χ1v) is 9.18. The molecule has 0 fully saturated rings. The van der Waals surface area contributed by atoms with E-state index in [9.17, 15) is 0 Å². The maximum absolute atomic E-state index is 8.49. The molecular formula is C6H18Cl3CrN6O12-6. The Kier molecular flexibility index (Phi) is 54.0. The first-order valence-electron chi connectivity index (χ1n) is 5.47. The molecule has 0 aromatic heterocycles. The van der Waals surface area contributed by atoms with E-state index < -0.39 is 30.7 Å². The third-order valence-electron chi connectivity index (χ3n) is 0.375. The van der Waals surface area contributed by atoms with Crippen LogP contribution in [0, 0.1) is 30.7 Å². The van der Waals surface area contributed by atoms with Gasteiger partial charge in [-0.25, -0.2) is 55.9 Å². The Labute approximate surface area is 177 Å². The van der Waals surface area contributed by atoms with E-state index in [1.165, 1.54) is 0 Å². The van der Waals surface area contributed by atoms with Gasteiger partial charge in [0.25, 0.3) is 0 Å². The molecular weight excluding hydrogens is 506 g/mol. The molecule has 0 saturated carbocycles. The van der Waals surface area contributed by atoms with Crippen LogP contribution in [0.5, 0.6) is 0 Å². The number of rotatable bonds is 3. The first-order chi connectivity index (χ1) is 11.7. The molecule has 0 aliphatic rings. The van der Waals surface area contributed by atoms with Crippen molar-refractivity contribution in [3.8, 4) is 0 Å². The van der Waals surface area contributed by atoms with Crippen molar-refractivity contribution in [1.82, 2.24) is 0 Å². The van der Waals surface area contributed by atoms with E-state index in [1.807, 2.05) is 0 Å². The maximum atomic E-state index is 8.49. The normalized spacial score (nSPS) is 9.64. The summed E-state index contributed by atoms with van der Waals surface area (Å²) in [6, 6.07) is 0. The molecule has 0 rings (SSSR count). The topological polar surface area (TPSA) is 420 Å². The van der Waals surface area contributed by atoms with Gasteiger partial charge in [-0.3, -0.25) is 0 Å². The van der Waals surface area contributed by atoms with E-state index in [1.54, 1.807) is 0 Å². The van der Waals surface area contributed by atoms with Crippen molar-refractivity contribution in [3.05, 3.63) is 34.4 Å². The van der Waals surface area contributed by atoms with Gasteiger partial charge in [0.05, 0.1) is 0 Å². The molecule has 0 aromatic rings. The Hall–Kier alpha value is 0.682. The van der Waals surface area contributed by atoms with Crippen molar-refractivity contribution in [3.63, 3.8) is 0 Å². The molecule has 0 saturated heterocycles. The molecule has 0 aliphatic heterocycles. The van der Waals surface area contributed by atoms with Crippen LogP contribution in [0.2, 0.25) is 0 Å². The van der Waals surface area contributed by atoms with Crippen molar-refractivity contribution in [2.24, 2.45) is 0 Å². The Morgan fingerprint density at radius 2 is 0.357 bits per heavy atom. The predicted octanol–water partition coefficient (Wildman–Crippen LogP) is -11.0. The summed E-state index contributed by atoms with van der Waals surface area (Å²) < 4.78 is 102. The SMILES string of the molecule is [Cr+3].[NH-]CC[NH-].[NH-]CC[NH-].[NH-]CC[NH-].[O-][Cl+3]([O-])([O-])[O-].[O-][Cl+3]([O-])([O-])[O-].[O-][Cl+3]([O-])([O-])[O-]. The number of hydrogen-bond donors (Lipinski definition) is 0. The molecule has 0 bridgehead atoms. The van der Waals surface area contributed by atoms with Gasteiger partial charge in [-0.05, 0) is 0 Å². The van der Waals surface area contributed by atoms with E-state index in [2.05, 4.69) is 0 Å². The second-order valence-electron chi connectivity index (χ2n) is 2.63. The minimum atomic E-state index is -4.94. The van der Waals surface area contributed by atoms with E-state index >= 15 is 0 Å². The van der Waals surface area contributed by atoms with E-state index in [0.29, 0.717) is 0 Å². The van der Waals surface area contributed by atoms with Gasteiger partial charge in [0.2, 0.25) is 0 Å². The summed E-state index contributed by atoms with van der Waals surface area (Å²) in [5.41, 5.74) is 37.6. The van der Waals surface area contributed by atoms with Crippen LogP contribution in [0.1, 0.15) is 0 Å². The van der Waals surface area contributed by atoms with Crippen LogP contribution in [0.3, 0.4) is 0 Å². The van der Waals surface area contributed by atoms with E-state index in [4.69, 9.17) is 90.3 Å². The van der Waals surface area contributed by atoms with Gasteiger partial charge in [0, 0.05) is 0 Å². The molecule has 0 spiro atoms. The molecule has 1 radical (unpaired) electrons. The standard InChI is InChI=1S/3C2H6N2.3ClHO4.Cr/c3*3-1-2-4;3*2-1(3,4)5;/h3*3-4H,1-2H2;3*(H,2,3,4,5);/q3*-2;;;;+3/p-3. The van der Waals surface area contributed by atoms with Gasteiger partial charge < -0.3 is 34.4 Å². The monoisotopic (exact) mass is 523 g/mol. The Balaban J connectivity index is -0.0000000377. The largest absolute Gasteiger partial charge is 3.00 e. The van der Waals surface area contributed by atoms with Gasteiger partial charge in [-0.2, -0.15) is 39.3 Å². The second kappa shape index (κ2) is 32.4. The molecule has 0 unspecified atom stereocenters. The Morgan fingerprint density at radius 3 is 0.357 bits per heavy atom. The zero-order chi connectivity index (χ0) is 23.7. The van der Waals surface area contributed by atoms with Crippen LogP contribution in [-0.2, 0) is 17.4 Å². The molecule has 0 amide bonds. The first kappa shape index (κ1) is 46.8. The van der Waals surface area contributed by atoms with Gasteiger partial charge in [0.15, 0.2) is 0 Å². The molecule has 28 heavy (non-hydrogen) atoms. The van der Waals surface area contributed by atoms with Crippen LogP contribution in [-0.4, -0.2) is 39.3 Å². The fourth-order valence-electron chi connectivity index (χ4n) is 0. The smallest absolute Gasteiger partial charge is 0.679 e. The van der Waals surface area contributed by atoms with E-state index in [0.717, 1.165) is 0 Å². The summed E-state index contributed by atoms with van der Waals surface area (Å²) >= 11 is 0. The van der Waals surface area contributed by atoms with Crippen LogP contribution in [0.15, 0.2) is 0 Å². The van der Waals surface area contributed by atoms with Crippen molar-refractivity contribution in [2.75, 3.05) is 39.3 Å². The fourth-order valence-corrected chi connectivity index (χ4v) is 0. The van der Waals surface area contributed by atoms with Crippen LogP contribution >= 0.6 is 0 Å². The molecule has 177 valence electrons. The third kappa shape index (κ3) is 1300. The summed E-state index contributed by atoms with van der Waals surface area (Å²) in [5.74, 6) is 0. The zero-order valence-corrected chi connectivity index (χ0v) is 17.2. The summed E-state index contributed by atoms with van der Waals surface area (Å²) in [7, 11) is -14.8. The summed E-state index contributed by atoms with van der Waals surface area (Å²) in [6.07, 6.45) is 0. The molecule has 0 heterocycles. The predicted molar refractivity (Wildman–Crippen MR) is 55.1 cm³/mol. The number of halogens is 3. The van der Waals surface area contributed by atoms with Crippen molar-refractivity contribution >= 4 is 0 Å². The summed E-state index contributed by atoms with van der Waals surface area (Å²) in [6.45, 7) is 1.42. The molecule has 0 aliphatic carbocycles. The quantitative estimate of drug-likeness (QED) is 0.332. The second-order valence-corrected chi connectivity index (χ2v) is 4.90. The number of hydrogen-bond acceptors (Lipinski definition) is 12. The van der Waals surface area contributed by atoms with Crippen molar-refractivity contribution in [1.29, 1.82) is 0 Å². The van der Waals surface area contributed by atoms with Crippen molar-refractivity contribution in [2.45, 2.75) is 0 Å². The fraction of sp³-hybridized carbons (Fsp3) is 1.00.